The minimum Gasteiger partial charge on any atom is -0.453 e. The van der Waals surface area contributed by atoms with Crippen molar-refractivity contribution in [1.29, 1.82) is 0 Å². The Morgan fingerprint density at radius 3 is 2.39 bits per heavy atom. The number of carbonyl (C=O) groups excluding carboxylic acids is 2. The third kappa shape index (κ3) is 8.03. The lowest BCUT2D eigenvalue weighted by molar-refractivity contribution is -0.111. The standard InChI is InChI=1S/C41H49F3N6O5S/c1-3-38(51)47-37-23-32(13-16-45-37)56(53,54)31-11-12-36(34(43)22-31)50-25-40(44,26-50)24-49-19-14-28(15-20-49)41(27-48-17-6-18-48,29-7-4-8-30(42)21-29)33-9-5-10-35(33)46-39(52)55-2/h3-4,7-8,11-13,16,21-23,28,33,35H,1,5-6,9-10,14-15,17-20,24-27H2,2H3,(H,46,52)(H,45,47,51)/t33-,35-,41?/m0/s1. The third-order valence-electron chi connectivity index (χ3n) is 12.3. The van der Waals surface area contributed by atoms with Crippen molar-refractivity contribution in [3.05, 3.63) is 90.6 Å². The average molecular weight is 795 g/mol. The summed E-state index contributed by atoms with van der Waals surface area (Å²) in [5, 5.41) is 5.52. The number of alkyl carbamates (subject to hydrolysis) is 1. The SMILES string of the molecule is C=CC(=O)Nc1cc(S(=O)(=O)c2ccc(N3CC(F)(CN4CCC(C(CN5CCC5)(c5cccc(F)c5)[C@H]5CCC[C@@H]5NC(=O)OC)CC4)C3)c(F)c2)ccn1. The van der Waals surface area contributed by atoms with Gasteiger partial charge in [0.1, 0.15) is 17.5 Å². The first-order chi connectivity index (χ1) is 26.8. The zero-order valence-electron chi connectivity index (χ0n) is 31.6. The number of piperidine rings is 1. The molecule has 0 bridgehead atoms. The van der Waals surface area contributed by atoms with Crippen LogP contribution in [0.3, 0.4) is 0 Å². The second-order valence-electron chi connectivity index (χ2n) is 15.7. The Kier molecular flexibility index (Phi) is 11.5. The summed E-state index contributed by atoms with van der Waals surface area (Å²) in [5.74, 6) is -1.40. The number of rotatable bonds is 13. The van der Waals surface area contributed by atoms with Gasteiger partial charge in [-0.1, -0.05) is 25.1 Å². The summed E-state index contributed by atoms with van der Waals surface area (Å²) in [6.07, 6.45) is 7.10. The average Bonchev–Trinajstić information content (AvgIpc) is 3.62. The number of hydrogen-bond acceptors (Lipinski definition) is 9. The van der Waals surface area contributed by atoms with Crippen LogP contribution in [0.5, 0.6) is 0 Å². The van der Waals surface area contributed by atoms with Gasteiger partial charge in [0.2, 0.25) is 15.7 Å². The monoisotopic (exact) mass is 794 g/mol. The van der Waals surface area contributed by atoms with Crippen LogP contribution in [-0.2, 0) is 24.8 Å². The lowest BCUT2D eigenvalue weighted by atomic mass is 9.57. The molecule has 3 atom stereocenters. The van der Waals surface area contributed by atoms with E-state index in [0.717, 1.165) is 75.9 Å². The molecule has 1 saturated carbocycles. The summed E-state index contributed by atoms with van der Waals surface area (Å²) in [6.45, 7) is 7.44. The van der Waals surface area contributed by atoms with Gasteiger partial charge < -0.3 is 25.2 Å². The molecule has 4 aliphatic rings. The minimum atomic E-state index is -4.16. The van der Waals surface area contributed by atoms with Crippen molar-refractivity contribution in [2.45, 2.75) is 65.4 Å². The van der Waals surface area contributed by atoms with Gasteiger partial charge >= 0.3 is 6.09 Å². The molecule has 7 rings (SSSR count). The van der Waals surface area contributed by atoms with Crippen LogP contribution in [0, 0.1) is 23.5 Å². The van der Waals surface area contributed by atoms with Crippen molar-refractivity contribution in [3.8, 4) is 0 Å². The number of halogens is 3. The number of pyridine rings is 1. The highest BCUT2D eigenvalue weighted by Crippen LogP contribution is 2.52. The highest BCUT2D eigenvalue weighted by atomic mass is 32.2. The van der Waals surface area contributed by atoms with Crippen LogP contribution >= 0.6 is 0 Å². The van der Waals surface area contributed by atoms with Crippen LogP contribution in [0.1, 0.15) is 44.1 Å². The summed E-state index contributed by atoms with van der Waals surface area (Å²) < 4.78 is 78.4. The van der Waals surface area contributed by atoms with Crippen molar-refractivity contribution in [3.63, 3.8) is 0 Å². The summed E-state index contributed by atoms with van der Waals surface area (Å²) in [5.41, 5.74) is -0.963. The van der Waals surface area contributed by atoms with Crippen LogP contribution in [0.15, 0.2) is 83.2 Å². The van der Waals surface area contributed by atoms with Gasteiger partial charge in [0, 0.05) is 30.7 Å². The highest BCUT2D eigenvalue weighted by molar-refractivity contribution is 7.91. The third-order valence-corrected chi connectivity index (χ3v) is 14.0. The number of carbonyl (C=O) groups is 2. The summed E-state index contributed by atoms with van der Waals surface area (Å²) in [6, 6.07) is 12.8. The number of sulfone groups is 1. The van der Waals surface area contributed by atoms with Gasteiger partial charge in [0.05, 0.1) is 35.7 Å². The second kappa shape index (κ2) is 16.2. The number of nitrogens with zero attached hydrogens (tertiary/aromatic N) is 4. The molecular weight excluding hydrogens is 746 g/mol. The molecule has 56 heavy (non-hydrogen) atoms. The number of nitrogens with one attached hydrogen (secondary N) is 2. The Hall–Kier alpha value is -4.47. The van der Waals surface area contributed by atoms with Crippen LogP contribution in [0.4, 0.5) is 29.5 Å². The zero-order valence-corrected chi connectivity index (χ0v) is 32.4. The number of amides is 2. The second-order valence-corrected chi connectivity index (χ2v) is 17.7. The molecule has 4 fully saturated rings. The van der Waals surface area contributed by atoms with Crippen LogP contribution in [-0.4, -0.2) is 106 Å². The number of hydrogen-bond donors (Lipinski definition) is 2. The number of likely N-dealkylation sites (tertiary alicyclic amines) is 2. The molecule has 11 nitrogen and oxygen atoms in total. The van der Waals surface area contributed by atoms with E-state index in [4.69, 9.17) is 4.74 Å². The fourth-order valence-corrected chi connectivity index (χ4v) is 10.8. The molecule has 300 valence electrons. The van der Waals surface area contributed by atoms with Gasteiger partial charge in [-0.05, 0) is 124 Å². The van der Waals surface area contributed by atoms with Gasteiger partial charge in [0.25, 0.3) is 0 Å². The Morgan fingerprint density at radius 1 is 0.982 bits per heavy atom. The van der Waals surface area contributed by atoms with Crippen LogP contribution in [0.25, 0.3) is 0 Å². The topological polar surface area (TPSA) is 124 Å². The van der Waals surface area contributed by atoms with E-state index in [0.29, 0.717) is 13.1 Å². The number of alkyl halides is 1. The van der Waals surface area contributed by atoms with E-state index in [-0.39, 0.29) is 64.6 Å². The lowest BCUT2D eigenvalue weighted by Gasteiger charge is -2.54. The molecule has 3 saturated heterocycles. The molecule has 1 unspecified atom stereocenters. The summed E-state index contributed by atoms with van der Waals surface area (Å²) >= 11 is 0. The number of anilines is 2. The number of ether oxygens (including phenoxy) is 1. The van der Waals surface area contributed by atoms with Crippen molar-refractivity contribution < 1.29 is 35.9 Å². The zero-order chi connectivity index (χ0) is 39.7. The Bertz CT molecular complexity index is 2050. The number of aromatic nitrogens is 1. The Labute approximate surface area is 326 Å². The first-order valence-corrected chi connectivity index (χ1v) is 20.7. The van der Waals surface area contributed by atoms with E-state index >= 15 is 8.78 Å². The van der Waals surface area contributed by atoms with E-state index in [9.17, 15) is 22.4 Å². The van der Waals surface area contributed by atoms with E-state index in [1.54, 1.807) is 17.0 Å². The van der Waals surface area contributed by atoms with Gasteiger partial charge in [-0.3, -0.25) is 9.69 Å². The van der Waals surface area contributed by atoms with Gasteiger partial charge in [-0.15, -0.1) is 0 Å². The van der Waals surface area contributed by atoms with Crippen molar-refractivity contribution in [2.24, 2.45) is 11.8 Å². The van der Waals surface area contributed by atoms with E-state index in [1.807, 2.05) is 6.07 Å². The Morgan fingerprint density at radius 2 is 1.73 bits per heavy atom. The van der Waals surface area contributed by atoms with E-state index in [1.165, 1.54) is 43.6 Å². The maximum atomic E-state index is 16.3. The predicted molar refractivity (Wildman–Crippen MR) is 206 cm³/mol. The van der Waals surface area contributed by atoms with Crippen LogP contribution in [0.2, 0.25) is 0 Å². The smallest absolute Gasteiger partial charge is 0.407 e. The molecule has 0 radical (unpaired) electrons. The van der Waals surface area contributed by atoms with E-state index < -0.39 is 38.7 Å². The molecule has 1 aliphatic carbocycles. The highest BCUT2D eigenvalue weighted by Gasteiger charge is 2.54. The van der Waals surface area contributed by atoms with Crippen molar-refractivity contribution >= 4 is 33.3 Å². The maximum Gasteiger partial charge on any atom is 0.407 e. The summed E-state index contributed by atoms with van der Waals surface area (Å²) in [7, 11) is -2.79. The number of benzene rings is 2. The molecule has 2 amide bonds. The van der Waals surface area contributed by atoms with E-state index in [2.05, 4.69) is 32.0 Å². The maximum absolute atomic E-state index is 16.3. The largest absolute Gasteiger partial charge is 0.453 e. The van der Waals surface area contributed by atoms with Crippen molar-refractivity contribution in [2.75, 3.05) is 69.7 Å². The molecule has 1 aromatic heterocycles. The molecule has 4 heterocycles. The molecule has 15 heteroatoms. The first kappa shape index (κ1) is 39.8. The lowest BCUT2D eigenvalue weighted by Crippen LogP contribution is -2.65. The molecule has 3 aliphatic heterocycles. The van der Waals surface area contributed by atoms with Gasteiger partial charge in [-0.2, -0.15) is 0 Å². The molecular formula is C41H49F3N6O5S. The Balaban J connectivity index is 1.03. The molecule has 3 aromatic rings. The fraction of sp³-hybridized carbons (Fsp3) is 0.488. The van der Waals surface area contributed by atoms with Gasteiger partial charge in [-0.25, -0.2) is 31.4 Å². The van der Waals surface area contributed by atoms with Crippen molar-refractivity contribution in [1.82, 2.24) is 20.1 Å². The fourth-order valence-electron chi connectivity index (χ4n) is 9.52. The van der Waals surface area contributed by atoms with Gasteiger partial charge in [0.15, 0.2) is 5.67 Å². The first-order valence-electron chi connectivity index (χ1n) is 19.3. The normalized spacial score (nSPS) is 22.7. The predicted octanol–water partition coefficient (Wildman–Crippen LogP) is 5.73. The quantitative estimate of drug-likeness (QED) is 0.209. The molecule has 2 aromatic carbocycles. The molecule has 0 spiro atoms. The number of methoxy groups -OCH3 is 1. The molecule has 2 N–H and O–H groups in total. The minimum absolute atomic E-state index is 0.00475. The van der Waals surface area contributed by atoms with Crippen LogP contribution < -0.4 is 15.5 Å². The summed E-state index contributed by atoms with van der Waals surface area (Å²) in [4.78, 5) is 33.8.